The van der Waals surface area contributed by atoms with Crippen molar-refractivity contribution in [2.45, 2.75) is 19.3 Å². The first-order chi connectivity index (χ1) is 6.72. The van der Waals surface area contributed by atoms with Crippen LogP contribution < -0.4 is 4.74 Å². The van der Waals surface area contributed by atoms with Crippen molar-refractivity contribution < 1.29 is 4.74 Å². The third-order valence-corrected chi connectivity index (χ3v) is 2.89. The number of hydrogen-bond donors (Lipinski definition) is 1. The summed E-state index contributed by atoms with van der Waals surface area (Å²) in [7, 11) is 1.68. The molecule has 2 unspecified atom stereocenters. The van der Waals surface area contributed by atoms with Crippen LogP contribution in [0.3, 0.4) is 0 Å². The number of benzene rings is 1. The molecule has 1 aliphatic carbocycles. The van der Waals surface area contributed by atoms with Crippen LogP contribution in [0.15, 0.2) is 24.3 Å². The summed E-state index contributed by atoms with van der Waals surface area (Å²) in [6.07, 6.45) is 1.14. The molecule has 0 amide bonds. The molecule has 1 fully saturated rings. The number of methoxy groups -OCH3 is 1. The summed E-state index contributed by atoms with van der Waals surface area (Å²) >= 11 is 0. The van der Waals surface area contributed by atoms with E-state index in [2.05, 4.69) is 12.1 Å². The van der Waals surface area contributed by atoms with Crippen LogP contribution in [0, 0.1) is 11.3 Å². The van der Waals surface area contributed by atoms with Gasteiger partial charge in [0, 0.05) is 11.6 Å². The Morgan fingerprint density at radius 3 is 2.43 bits per heavy atom. The first kappa shape index (κ1) is 9.25. The van der Waals surface area contributed by atoms with Crippen molar-refractivity contribution >= 4 is 5.71 Å². The van der Waals surface area contributed by atoms with E-state index in [1.807, 2.05) is 19.1 Å². The second-order valence-corrected chi connectivity index (χ2v) is 3.90. The van der Waals surface area contributed by atoms with E-state index in [1.165, 1.54) is 5.56 Å². The molecule has 1 aromatic rings. The zero-order valence-corrected chi connectivity index (χ0v) is 8.58. The minimum absolute atomic E-state index is 0.489. The van der Waals surface area contributed by atoms with Crippen molar-refractivity contribution in [3.8, 4) is 5.75 Å². The summed E-state index contributed by atoms with van der Waals surface area (Å²) in [6.45, 7) is 1.90. The van der Waals surface area contributed by atoms with E-state index < -0.39 is 0 Å². The monoisotopic (exact) mass is 189 g/mol. The highest BCUT2D eigenvalue weighted by Crippen LogP contribution is 2.48. The normalized spacial score (nSPS) is 24.4. The molecule has 1 N–H and O–H groups in total. The fourth-order valence-corrected chi connectivity index (χ4v) is 1.89. The number of hydrogen-bond acceptors (Lipinski definition) is 2. The Labute approximate surface area is 84.4 Å². The van der Waals surface area contributed by atoms with Gasteiger partial charge in [0.1, 0.15) is 5.75 Å². The van der Waals surface area contributed by atoms with Crippen LogP contribution in [-0.2, 0) is 0 Å². The predicted octanol–water partition coefficient (Wildman–Crippen LogP) is 2.84. The molecule has 0 aliphatic heterocycles. The maximum absolute atomic E-state index is 7.55. The summed E-state index contributed by atoms with van der Waals surface area (Å²) < 4.78 is 5.10. The van der Waals surface area contributed by atoms with E-state index in [0.29, 0.717) is 11.8 Å². The molecule has 1 aromatic carbocycles. The van der Waals surface area contributed by atoms with Crippen molar-refractivity contribution in [2.75, 3.05) is 7.11 Å². The SMILES string of the molecule is COc1ccc(C2CC2C(C)=N)cc1. The maximum Gasteiger partial charge on any atom is 0.118 e. The minimum atomic E-state index is 0.489. The molecule has 0 heterocycles. The van der Waals surface area contributed by atoms with Gasteiger partial charge in [-0.05, 0) is 37.0 Å². The summed E-state index contributed by atoms with van der Waals surface area (Å²) in [5.41, 5.74) is 2.15. The third-order valence-electron chi connectivity index (χ3n) is 2.89. The fraction of sp³-hybridized carbons (Fsp3) is 0.417. The van der Waals surface area contributed by atoms with Crippen molar-refractivity contribution in [2.24, 2.45) is 5.92 Å². The van der Waals surface area contributed by atoms with Crippen LogP contribution >= 0.6 is 0 Å². The molecule has 2 atom stereocenters. The average Bonchev–Trinajstić information content (AvgIpc) is 2.97. The molecule has 0 aromatic heterocycles. The van der Waals surface area contributed by atoms with Gasteiger partial charge in [-0.15, -0.1) is 0 Å². The molecule has 1 aliphatic rings. The van der Waals surface area contributed by atoms with Gasteiger partial charge in [0.2, 0.25) is 0 Å². The summed E-state index contributed by atoms with van der Waals surface area (Å²) in [4.78, 5) is 0. The summed E-state index contributed by atoms with van der Waals surface area (Å²) in [5.74, 6) is 1.97. The van der Waals surface area contributed by atoms with Crippen LogP contribution in [0.4, 0.5) is 0 Å². The Balaban J connectivity index is 2.08. The van der Waals surface area contributed by atoms with E-state index in [-0.39, 0.29) is 0 Å². The number of ether oxygens (including phenoxy) is 1. The largest absolute Gasteiger partial charge is 0.497 e. The van der Waals surface area contributed by atoms with Crippen LogP contribution in [0.2, 0.25) is 0 Å². The highest BCUT2D eigenvalue weighted by Gasteiger charge is 2.39. The zero-order valence-electron chi connectivity index (χ0n) is 8.58. The van der Waals surface area contributed by atoms with Gasteiger partial charge in [0.05, 0.1) is 7.11 Å². The van der Waals surface area contributed by atoms with Gasteiger partial charge in [0.25, 0.3) is 0 Å². The molecule has 0 radical (unpaired) electrons. The molecular formula is C12H15NO. The van der Waals surface area contributed by atoms with Crippen LogP contribution in [0.1, 0.15) is 24.8 Å². The quantitative estimate of drug-likeness (QED) is 0.729. The molecule has 2 nitrogen and oxygen atoms in total. The van der Waals surface area contributed by atoms with E-state index >= 15 is 0 Å². The van der Waals surface area contributed by atoms with Crippen molar-refractivity contribution in [3.63, 3.8) is 0 Å². The Bertz CT molecular complexity index is 342. The Morgan fingerprint density at radius 2 is 2.00 bits per heavy atom. The second kappa shape index (κ2) is 3.45. The molecule has 0 saturated heterocycles. The van der Waals surface area contributed by atoms with Crippen molar-refractivity contribution in [1.29, 1.82) is 5.41 Å². The van der Waals surface area contributed by atoms with Crippen molar-refractivity contribution in [1.82, 2.24) is 0 Å². The second-order valence-electron chi connectivity index (χ2n) is 3.90. The molecule has 14 heavy (non-hydrogen) atoms. The average molecular weight is 189 g/mol. The molecule has 0 spiro atoms. The Kier molecular flexibility index (Phi) is 2.28. The predicted molar refractivity (Wildman–Crippen MR) is 57.2 cm³/mol. The molecule has 0 bridgehead atoms. The minimum Gasteiger partial charge on any atom is -0.497 e. The fourth-order valence-electron chi connectivity index (χ4n) is 1.89. The van der Waals surface area contributed by atoms with Crippen LogP contribution in [0.5, 0.6) is 5.75 Å². The maximum atomic E-state index is 7.55. The van der Waals surface area contributed by atoms with E-state index in [1.54, 1.807) is 7.11 Å². The highest BCUT2D eigenvalue weighted by atomic mass is 16.5. The Hall–Kier alpha value is -1.31. The smallest absolute Gasteiger partial charge is 0.118 e. The number of nitrogens with one attached hydrogen (secondary N) is 1. The summed E-state index contributed by atoms with van der Waals surface area (Å²) in [5, 5.41) is 7.55. The zero-order chi connectivity index (χ0) is 10.1. The lowest BCUT2D eigenvalue weighted by Crippen LogP contribution is -1.93. The lowest BCUT2D eigenvalue weighted by Gasteiger charge is -2.02. The van der Waals surface area contributed by atoms with E-state index in [9.17, 15) is 0 Å². The molecular weight excluding hydrogens is 174 g/mol. The molecule has 1 saturated carbocycles. The number of rotatable bonds is 3. The van der Waals surface area contributed by atoms with Crippen molar-refractivity contribution in [3.05, 3.63) is 29.8 Å². The van der Waals surface area contributed by atoms with E-state index in [0.717, 1.165) is 17.9 Å². The van der Waals surface area contributed by atoms with Crippen LogP contribution in [0.25, 0.3) is 0 Å². The topological polar surface area (TPSA) is 33.1 Å². The van der Waals surface area contributed by atoms with Gasteiger partial charge < -0.3 is 10.1 Å². The first-order valence-electron chi connectivity index (χ1n) is 4.91. The highest BCUT2D eigenvalue weighted by molar-refractivity contribution is 5.85. The Morgan fingerprint density at radius 1 is 1.36 bits per heavy atom. The van der Waals surface area contributed by atoms with Gasteiger partial charge in [-0.2, -0.15) is 0 Å². The van der Waals surface area contributed by atoms with Crippen LogP contribution in [-0.4, -0.2) is 12.8 Å². The lowest BCUT2D eigenvalue weighted by molar-refractivity contribution is 0.414. The third kappa shape index (κ3) is 1.65. The molecule has 2 rings (SSSR count). The van der Waals surface area contributed by atoms with Gasteiger partial charge in [-0.25, -0.2) is 0 Å². The van der Waals surface area contributed by atoms with Gasteiger partial charge >= 0.3 is 0 Å². The van der Waals surface area contributed by atoms with E-state index in [4.69, 9.17) is 10.1 Å². The van der Waals surface area contributed by atoms with Gasteiger partial charge in [-0.1, -0.05) is 12.1 Å². The van der Waals surface area contributed by atoms with Gasteiger partial charge in [0.15, 0.2) is 0 Å². The lowest BCUT2D eigenvalue weighted by atomic mass is 10.1. The first-order valence-corrected chi connectivity index (χ1v) is 4.91. The summed E-state index contributed by atoms with van der Waals surface area (Å²) in [6, 6.07) is 8.19. The van der Waals surface area contributed by atoms with Gasteiger partial charge in [-0.3, -0.25) is 0 Å². The standard InChI is InChI=1S/C12H15NO/c1-8(13)11-7-12(11)9-3-5-10(14-2)6-4-9/h3-6,11-13H,7H2,1-2H3. The molecule has 74 valence electrons. The molecule has 2 heteroatoms.